The summed E-state index contributed by atoms with van der Waals surface area (Å²) in [5, 5.41) is 2.26. The lowest BCUT2D eigenvalue weighted by Crippen LogP contribution is -2.40. The minimum Gasteiger partial charge on any atom is -0.326 e. The summed E-state index contributed by atoms with van der Waals surface area (Å²) in [6.07, 6.45) is 10.8. The van der Waals surface area contributed by atoms with Gasteiger partial charge in [-0.1, -0.05) is 31.9 Å². The summed E-state index contributed by atoms with van der Waals surface area (Å²) in [7, 11) is -3.30. The molecule has 1 saturated carbocycles. The van der Waals surface area contributed by atoms with Crippen molar-refractivity contribution in [2.75, 3.05) is 6.54 Å². The zero-order valence-electron chi connectivity index (χ0n) is 19.1. The number of carbonyl (C=O) groups excluding carboxylic acids is 3. The van der Waals surface area contributed by atoms with Gasteiger partial charge in [-0.3, -0.25) is 19.3 Å². The van der Waals surface area contributed by atoms with Gasteiger partial charge in [0, 0.05) is 30.3 Å². The zero-order valence-corrected chi connectivity index (χ0v) is 19.9. The molecule has 9 heteroatoms. The predicted molar refractivity (Wildman–Crippen MR) is 124 cm³/mol. The third-order valence-electron chi connectivity index (χ3n) is 5.71. The summed E-state index contributed by atoms with van der Waals surface area (Å²) < 4.78 is 25.9. The van der Waals surface area contributed by atoms with Crippen LogP contribution in [0.15, 0.2) is 36.1 Å². The summed E-state index contributed by atoms with van der Waals surface area (Å²) in [4.78, 5) is 39.0. The van der Waals surface area contributed by atoms with Crippen LogP contribution >= 0.6 is 0 Å². The highest BCUT2D eigenvalue weighted by molar-refractivity contribution is 7.90. The van der Waals surface area contributed by atoms with Crippen molar-refractivity contribution in [2.24, 2.45) is 0 Å². The number of nitrogens with one attached hydrogen (secondary N) is 2. The molecule has 1 saturated heterocycles. The van der Waals surface area contributed by atoms with Crippen LogP contribution in [0, 0.1) is 0 Å². The number of hydrogen-bond acceptors (Lipinski definition) is 5. The molecule has 0 atom stereocenters. The third-order valence-corrected chi connectivity index (χ3v) is 7.56. The first-order valence-electron chi connectivity index (χ1n) is 11.3. The van der Waals surface area contributed by atoms with Crippen molar-refractivity contribution in [3.63, 3.8) is 0 Å². The lowest BCUT2D eigenvalue weighted by molar-refractivity contribution is -0.141. The van der Waals surface area contributed by atoms with E-state index in [0.29, 0.717) is 24.1 Å². The van der Waals surface area contributed by atoms with Gasteiger partial charge in [-0.15, -0.1) is 0 Å². The molecule has 0 unspecified atom stereocenters. The Morgan fingerprint density at radius 3 is 2.50 bits per heavy atom. The molecule has 0 bridgehead atoms. The van der Waals surface area contributed by atoms with E-state index in [1.54, 1.807) is 26.0 Å². The van der Waals surface area contributed by atoms with Gasteiger partial charge < -0.3 is 5.32 Å². The number of allylic oxidation sites excluding steroid dienone is 3. The largest absolute Gasteiger partial charge is 0.326 e. The number of carbonyl (C=O) groups is 3. The Morgan fingerprint density at radius 2 is 1.88 bits per heavy atom. The smallest absolute Gasteiger partial charge is 0.257 e. The van der Waals surface area contributed by atoms with Gasteiger partial charge in [0.2, 0.25) is 21.8 Å². The molecule has 0 radical (unpaired) electrons. The van der Waals surface area contributed by atoms with Crippen LogP contribution in [0.3, 0.4) is 0 Å². The van der Waals surface area contributed by atoms with Gasteiger partial charge in [0.25, 0.3) is 5.91 Å². The lowest BCUT2D eigenvalue weighted by atomic mass is 9.94. The highest BCUT2D eigenvalue weighted by Gasteiger charge is 2.38. The SMILES string of the molecule is C=C/C=C(\C=C1/CC(=O)N(C2CCCCC2)C1=O)NC(=O)CCCCNS(=O)(=O)C(C)C. The van der Waals surface area contributed by atoms with Crippen molar-refractivity contribution >= 4 is 27.7 Å². The molecule has 2 N–H and O–H groups in total. The Hall–Kier alpha value is -2.26. The van der Waals surface area contributed by atoms with E-state index in [4.69, 9.17) is 0 Å². The van der Waals surface area contributed by atoms with Crippen LogP contribution in [-0.2, 0) is 24.4 Å². The van der Waals surface area contributed by atoms with Crippen LogP contribution in [0.4, 0.5) is 0 Å². The average Bonchev–Trinajstić information content (AvgIpc) is 3.01. The second-order valence-corrected chi connectivity index (χ2v) is 10.9. The molecule has 32 heavy (non-hydrogen) atoms. The van der Waals surface area contributed by atoms with E-state index in [9.17, 15) is 22.8 Å². The minimum atomic E-state index is -3.30. The van der Waals surface area contributed by atoms with Gasteiger partial charge >= 0.3 is 0 Å². The first-order valence-corrected chi connectivity index (χ1v) is 12.9. The van der Waals surface area contributed by atoms with Gasteiger partial charge in [0.1, 0.15) is 0 Å². The van der Waals surface area contributed by atoms with Crippen molar-refractivity contribution in [3.8, 4) is 0 Å². The molecule has 1 aliphatic heterocycles. The number of hydrogen-bond donors (Lipinski definition) is 2. The molecule has 0 aromatic rings. The molecule has 0 aromatic carbocycles. The molecule has 8 nitrogen and oxygen atoms in total. The van der Waals surface area contributed by atoms with Crippen LogP contribution in [0.5, 0.6) is 0 Å². The van der Waals surface area contributed by atoms with E-state index in [0.717, 1.165) is 32.1 Å². The molecule has 0 aromatic heterocycles. The molecular weight excluding hydrogens is 430 g/mol. The summed E-state index contributed by atoms with van der Waals surface area (Å²) >= 11 is 0. The Labute approximate surface area is 191 Å². The summed E-state index contributed by atoms with van der Waals surface area (Å²) in [6.45, 7) is 7.13. The second-order valence-electron chi connectivity index (χ2n) is 8.56. The molecule has 3 amide bonds. The Kier molecular flexibility index (Phi) is 9.84. The zero-order chi connectivity index (χ0) is 23.7. The molecule has 2 fully saturated rings. The second kappa shape index (κ2) is 12.1. The Bertz CT molecular complexity index is 883. The van der Waals surface area contributed by atoms with Crippen molar-refractivity contribution in [1.82, 2.24) is 14.9 Å². The van der Waals surface area contributed by atoms with Gasteiger partial charge in [0.05, 0.1) is 11.7 Å². The van der Waals surface area contributed by atoms with Crippen LogP contribution in [0.2, 0.25) is 0 Å². The van der Waals surface area contributed by atoms with Crippen LogP contribution in [0.25, 0.3) is 0 Å². The first kappa shape index (κ1) is 26.0. The molecule has 2 aliphatic rings. The number of rotatable bonds is 11. The molecule has 1 aliphatic carbocycles. The van der Waals surface area contributed by atoms with Crippen LogP contribution in [0.1, 0.15) is 71.6 Å². The van der Waals surface area contributed by atoms with Crippen molar-refractivity contribution in [1.29, 1.82) is 0 Å². The van der Waals surface area contributed by atoms with Gasteiger partial charge in [0.15, 0.2) is 0 Å². The van der Waals surface area contributed by atoms with E-state index in [-0.39, 0.29) is 43.1 Å². The number of amides is 3. The summed E-state index contributed by atoms with van der Waals surface area (Å²) in [5.41, 5.74) is 0.782. The maximum Gasteiger partial charge on any atom is 0.257 e. The molecule has 178 valence electrons. The fourth-order valence-corrected chi connectivity index (χ4v) is 4.63. The van der Waals surface area contributed by atoms with E-state index in [1.807, 2.05) is 0 Å². The van der Waals surface area contributed by atoms with E-state index in [2.05, 4.69) is 16.6 Å². The number of imide groups is 1. The van der Waals surface area contributed by atoms with Gasteiger partial charge in [-0.25, -0.2) is 13.1 Å². The van der Waals surface area contributed by atoms with Crippen LogP contribution < -0.4 is 10.0 Å². The van der Waals surface area contributed by atoms with Gasteiger partial charge in [-0.05, 0) is 51.7 Å². The number of likely N-dealkylation sites (tertiary alicyclic amines) is 1. The van der Waals surface area contributed by atoms with E-state index >= 15 is 0 Å². The predicted octanol–water partition coefficient (Wildman–Crippen LogP) is 2.69. The standard InChI is InChI=1S/C23H35N3O5S/c1-4-10-19(25-21(27)13-8-9-14-24-32(30,31)17(2)3)15-18-16-22(28)26(23(18)29)20-11-6-5-7-12-20/h4,10,15,17,20,24H,1,5-9,11-14,16H2,2-3H3,(H,25,27)/b18-15+,19-10+. The lowest BCUT2D eigenvalue weighted by Gasteiger charge is -2.29. The topological polar surface area (TPSA) is 113 Å². The molecular formula is C23H35N3O5S. The summed E-state index contributed by atoms with van der Waals surface area (Å²) in [5.74, 6) is -0.701. The van der Waals surface area contributed by atoms with Crippen molar-refractivity contribution < 1.29 is 22.8 Å². The third kappa shape index (κ3) is 7.41. The maximum atomic E-state index is 12.8. The highest BCUT2D eigenvalue weighted by atomic mass is 32.2. The van der Waals surface area contributed by atoms with Gasteiger partial charge in [-0.2, -0.15) is 0 Å². The fraction of sp³-hybridized carbons (Fsp3) is 0.609. The van der Waals surface area contributed by atoms with Crippen molar-refractivity contribution in [2.45, 2.75) is 82.9 Å². The molecule has 2 rings (SSSR count). The Morgan fingerprint density at radius 1 is 1.19 bits per heavy atom. The molecule has 0 spiro atoms. The van der Waals surface area contributed by atoms with E-state index < -0.39 is 15.3 Å². The quantitative estimate of drug-likeness (QED) is 0.211. The number of unbranched alkanes of at least 4 members (excludes halogenated alkanes) is 1. The monoisotopic (exact) mass is 465 g/mol. The van der Waals surface area contributed by atoms with Crippen molar-refractivity contribution in [3.05, 3.63) is 36.1 Å². The summed E-state index contributed by atoms with van der Waals surface area (Å²) in [6, 6.07) is -0.0239. The maximum absolute atomic E-state index is 12.8. The van der Waals surface area contributed by atoms with E-state index in [1.165, 1.54) is 11.0 Å². The minimum absolute atomic E-state index is 0.0239. The normalized spacial score (nSPS) is 19.8. The number of sulfonamides is 1. The Balaban J connectivity index is 1.89. The first-order chi connectivity index (χ1) is 15.2. The molecule has 1 heterocycles. The fourth-order valence-electron chi connectivity index (χ4n) is 3.87. The van der Waals surface area contributed by atoms with Crippen LogP contribution in [-0.4, -0.2) is 48.9 Å². The highest BCUT2D eigenvalue weighted by Crippen LogP contribution is 2.29. The number of nitrogens with zero attached hydrogens (tertiary/aromatic N) is 1. The average molecular weight is 466 g/mol.